The number of aromatic amines is 1. The predicted octanol–water partition coefficient (Wildman–Crippen LogP) is 0.0492. The van der Waals surface area contributed by atoms with Crippen molar-refractivity contribution < 1.29 is 0 Å². The molecule has 0 atom stereocenters. The average Bonchev–Trinajstić information content (AvgIpc) is 2.29. The maximum Gasteiger partial charge on any atom is 0.326 e. The van der Waals surface area contributed by atoms with Crippen molar-refractivity contribution in [1.29, 1.82) is 0 Å². The number of nitrogens with zero attached hydrogens (tertiary/aromatic N) is 1. The molecule has 0 saturated carbocycles. The van der Waals surface area contributed by atoms with Gasteiger partial charge in [-0.15, -0.1) is 0 Å². The Morgan fingerprint density at radius 1 is 1.82 bits per heavy atom. The highest BCUT2D eigenvalue weighted by molar-refractivity contribution is 6.29. The van der Waals surface area contributed by atoms with Gasteiger partial charge in [0.25, 0.3) is 0 Å². The number of H-pyrrole nitrogens is 1. The van der Waals surface area contributed by atoms with Crippen LogP contribution in [0.25, 0.3) is 0 Å². The van der Waals surface area contributed by atoms with Crippen LogP contribution in [0.15, 0.2) is 11.0 Å². The fourth-order valence-corrected chi connectivity index (χ4v) is 1.02. The number of likely N-dealkylation sites (N-methyl/N-ethyl adjacent to an activating group) is 1. The molecule has 5 heteroatoms. The Labute approximate surface area is 69.2 Å². The highest BCUT2D eigenvalue weighted by Crippen LogP contribution is 2.01. The molecule has 0 aliphatic carbocycles. The summed E-state index contributed by atoms with van der Waals surface area (Å²) >= 11 is 5.68. The molecule has 1 heterocycles. The minimum Gasteiger partial charge on any atom is -0.318 e. The Balaban J connectivity index is 2.75. The molecule has 4 nitrogen and oxygen atoms in total. The zero-order chi connectivity index (χ0) is 8.27. The molecule has 1 aromatic rings. The second-order valence-electron chi connectivity index (χ2n) is 2.17. The number of halogens is 1. The zero-order valence-corrected chi connectivity index (χ0v) is 6.98. The van der Waals surface area contributed by atoms with Crippen LogP contribution in [0.1, 0.15) is 0 Å². The predicted molar refractivity (Wildman–Crippen MR) is 44.0 cm³/mol. The first-order chi connectivity index (χ1) is 5.25. The normalized spacial score (nSPS) is 10.4. The molecule has 0 spiro atoms. The van der Waals surface area contributed by atoms with Crippen molar-refractivity contribution in [2.45, 2.75) is 6.54 Å². The first-order valence-corrected chi connectivity index (χ1v) is 3.72. The van der Waals surface area contributed by atoms with Crippen molar-refractivity contribution in [3.8, 4) is 0 Å². The molecule has 0 aliphatic rings. The number of aromatic nitrogens is 2. The van der Waals surface area contributed by atoms with Gasteiger partial charge >= 0.3 is 5.69 Å². The van der Waals surface area contributed by atoms with Crippen LogP contribution in [0, 0.1) is 0 Å². The minimum atomic E-state index is -0.162. The van der Waals surface area contributed by atoms with Crippen LogP contribution in [0.4, 0.5) is 0 Å². The summed E-state index contributed by atoms with van der Waals surface area (Å²) in [5.41, 5.74) is -0.162. The molecule has 0 aliphatic heterocycles. The fourth-order valence-electron chi connectivity index (χ4n) is 0.806. The Hall–Kier alpha value is -0.740. The Kier molecular flexibility index (Phi) is 2.73. The second kappa shape index (κ2) is 3.59. The lowest BCUT2D eigenvalue weighted by Crippen LogP contribution is -2.23. The highest BCUT2D eigenvalue weighted by atomic mass is 35.5. The van der Waals surface area contributed by atoms with E-state index < -0.39 is 0 Å². The number of hydrogen-bond acceptors (Lipinski definition) is 2. The van der Waals surface area contributed by atoms with E-state index in [9.17, 15) is 4.79 Å². The van der Waals surface area contributed by atoms with E-state index in [1.165, 1.54) is 10.8 Å². The second-order valence-corrected chi connectivity index (χ2v) is 2.56. The largest absolute Gasteiger partial charge is 0.326 e. The molecule has 0 fully saturated rings. The Morgan fingerprint density at radius 3 is 3.00 bits per heavy atom. The van der Waals surface area contributed by atoms with Crippen molar-refractivity contribution in [3.63, 3.8) is 0 Å². The van der Waals surface area contributed by atoms with Gasteiger partial charge < -0.3 is 10.3 Å². The standard InChI is InChI=1S/C6H10ClN3O/c1-8-2-3-10-5(7)4-9-6(10)11/h4,8H,2-3H2,1H3,(H,9,11). The summed E-state index contributed by atoms with van der Waals surface area (Å²) in [6, 6.07) is 0. The van der Waals surface area contributed by atoms with E-state index >= 15 is 0 Å². The lowest BCUT2D eigenvalue weighted by atomic mass is 10.6. The molecule has 62 valence electrons. The third-order valence-corrected chi connectivity index (χ3v) is 1.72. The number of rotatable bonds is 3. The minimum absolute atomic E-state index is 0.162. The van der Waals surface area contributed by atoms with Crippen LogP contribution < -0.4 is 11.0 Å². The van der Waals surface area contributed by atoms with E-state index in [4.69, 9.17) is 11.6 Å². The average molecular weight is 176 g/mol. The van der Waals surface area contributed by atoms with Crippen molar-refractivity contribution >= 4 is 11.6 Å². The van der Waals surface area contributed by atoms with E-state index in [1.54, 1.807) is 0 Å². The summed E-state index contributed by atoms with van der Waals surface area (Å²) in [6.07, 6.45) is 1.49. The van der Waals surface area contributed by atoms with E-state index in [0.29, 0.717) is 11.7 Å². The third kappa shape index (κ3) is 1.85. The highest BCUT2D eigenvalue weighted by Gasteiger charge is 2.00. The van der Waals surface area contributed by atoms with Gasteiger partial charge in [0, 0.05) is 19.3 Å². The van der Waals surface area contributed by atoms with Gasteiger partial charge in [0.2, 0.25) is 0 Å². The molecule has 2 N–H and O–H groups in total. The number of imidazole rings is 1. The van der Waals surface area contributed by atoms with Crippen LogP contribution in [0.2, 0.25) is 5.15 Å². The summed E-state index contributed by atoms with van der Waals surface area (Å²) in [5.74, 6) is 0. The van der Waals surface area contributed by atoms with Crippen LogP contribution in [0.5, 0.6) is 0 Å². The van der Waals surface area contributed by atoms with Gasteiger partial charge in [-0.3, -0.25) is 4.57 Å². The molecule has 0 amide bonds. The van der Waals surface area contributed by atoms with Gasteiger partial charge in [0.1, 0.15) is 5.15 Å². The van der Waals surface area contributed by atoms with Gasteiger partial charge in [-0.2, -0.15) is 0 Å². The van der Waals surface area contributed by atoms with E-state index in [1.807, 2.05) is 7.05 Å². The summed E-state index contributed by atoms with van der Waals surface area (Å²) < 4.78 is 1.47. The molecular formula is C6H10ClN3O. The maximum absolute atomic E-state index is 10.9. The third-order valence-electron chi connectivity index (χ3n) is 1.40. The van der Waals surface area contributed by atoms with Gasteiger partial charge in [-0.05, 0) is 7.05 Å². The van der Waals surface area contributed by atoms with Gasteiger partial charge in [0.15, 0.2) is 0 Å². The van der Waals surface area contributed by atoms with Crippen LogP contribution >= 0.6 is 11.6 Å². The SMILES string of the molecule is CNCCn1c(Cl)c[nH]c1=O. The Morgan fingerprint density at radius 2 is 2.55 bits per heavy atom. The number of nitrogens with one attached hydrogen (secondary N) is 2. The fraction of sp³-hybridized carbons (Fsp3) is 0.500. The molecule has 1 aromatic heterocycles. The molecule has 0 bridgehead atoms. The number of hydrogen-bond donors (Lipinski definition) is 2. The monoisotopic (exact) mass is 175 g/mol. The molecule has 1 rings (SSSR count). The van der Waals surface area contributed by atoms with Crippen LogP contribution in [-0.4, -0.2) is 23.1 Å². The lowest BCUT2D eigenvalue weighted by molar-refractivity contribution is 0.628. The van der Waals surface area contributed by atoms with Crippen molar-refractivity contribution in [1.82, 2.24) is 14.9 Å². The molecular weight excluding hydrogens is 166 g/mol. The lowest BCUT2D eigenvalue weighted by Gasteiger charge is -2.00. The topological polar surface area (TPSA) is 49.8 Å². The maximum atomic E-state index is 10.9. The van der Waals surface area contributed by atoms with Gasteiger partial charge in [-0.25, -0.2) is 4.79 Å². The van der Waals surface area contributed by atoms with Crippen molar-refractivity contribution in [2.24, 2.45) is 0 Å². The summed E-state index contributed by atoms with van der Waals surface area (Å²) in [7, 11) is 1.82. The first kappa shape index (κ1) is 8.36. The smallest absolute Gasteiger partial charge is 0.318 e. The molecule has 11 heavy (non-hydrogen) atoms. The van der Waals surface area contributed by atoms with Crippen molar-refractivity contribution in [2.75, 3.05) is 13.6 Å². The molecule has 0 radical (unpaired) electrons. The summed E-state index contributed by atoms with van der Waals surface area (Å²) in [4.78, 5) is 13.4. The summed E-state index contributed by atoms with van der Waals surface area (Å²) in [5, 5.41) is 3.38. The molecule has 0 aromatic carbocycles. The van der Waals surface area contributed by atoms with E-state index in [0.717, 1.165) is 6.54 Å². The van der Waals surface area contributed by atoms with E-state index in [-0.39, 0.29) is 5.69 Å². The zero-order valence-electron chi connectivity index (χ0n) is 6.22. The van der Waals surface area contributed by atoms with Crippen molar-refractivity contribution in [3.05, 3.63) is 21.8 Å². The van der Waals surface area contributed by atoms with E-state index in [2.05, 4.69) is 10.3 Å². The van der Waals surface area contributed by atoms with Gasteiger partial charge in [0.05, 0.1) is 0 Å². The quantitative estimate of drug-likeness (QED) is 0.682. The van der Waals surface area contributed by atoms with Gasteiger partial charge in [-0.1, -0.05) is 11.6 Å². The van der Waals surface area contributed by atoms with Crippen LogP contribution in [0.3, 0.4) is 0 Å². The Bertz CT molecular complexity index is 278. The first-order valence-electron chi connectivity index (χ1n) is 3.34. The summed E-state index contributed by atoms with van der Waals surface area (Å²) in [6.45, 7) is 1.33. The molecule has 0 saturated heterocycles. The van der Waals surface area contributed by atoms with Crippen LogP contribution in [-0.2, 0) is 6.54 Å². The molecule has 0 unspecified atom stereocenters.